The summed E-state index contributed by atoms with van der Waals surface area (Å²) in [6.45, 7) is 0. The number of phenols is 1. The molecular weight excluding hydrogens is 356 g/mol. The van der Waals surface area contributed by atoms with Gasteiger partial charge in [-0.1, -0.05) is 12.1 Å². The normalized spacial score (nSPS) is 9.92. The van der Waals surface area contributed by atoms with E-state index in [1.165, 1.54) is 4.70 Å². The van der Waals surface area contributed by atoms with E-state index in [1.54, 1.807) is 11.3 Å². The van der Waals surface area contributed by atoms with Crippen LogP contribution in [0.25, 0.3) is 10.2 Å². The molecular formula is C13H8N4O7S. The van der Waals surface area contributed by atoms with Gasteiger partial charge in [-0.2, -0.15) is 0 Å². The fraction of sp³-hybridized carbons (Fsp3) is 0. The maximum Gasteiger partial charge on any atom is 0.324 e. The van der Waals surface area contributed by atoms with Gasteiger partial charge >= 0.3 is 11.4 Å². The molecule has 0 saturated carbocycles. The standard InChI is InChI=1S/C7H5NS.C6H3N3O7/c1-2-4-7-6(3-1)8-5-9-7;10-6-4(8(13)14)1-3(7(11)12)2-5(6)9(15)16/h1-5H;1-2,10H. The number of non-ortho nitro benzene ring substituents is 1. The minimum Gasteiger partial charge on any atom is -0.497 e. The molecule has 1 N–H and O–H groups in total. The van der Waals surface area contributed by atoms with Gasteiger partial charge in [-0.25, -0.2) is 4.98 Å². The molecule has 3 aromatic rings. The molecule has 0 saturated heterocycles. The Bertz CT molecular complexity index is 907. The van der Waals surface area contributed by atoms with E-state index >= 15 is 0 Å². The first-order valence-corrected chi connectivity index (χ1v) is 7.27. The number of thiazole rings is 1. The zero-order valence-corrected chi connectivity index (χ0v) is 13.0. The first kappa shape index (κ1) is 17.7. The van der Waals surface area contributed by atoms with Gasteiger partial charge in [0.2, 0.25) is 0 Å². The summed E-state index contributed by atoms with van der Waals surface area (Å²) in [5, 5.41) is 40.2. The number of rotatable bonds is 3. The summed E-state index contributed by atoms with van der Waals surface area (Å²) in [6, 6.07) is 9.02. The summed E-state index contributed by atoms with van der Waals surface area (Å²) in [7, 11) is 0. The van der Waals surface area contributed by atoms with Crippen molar-refractivity contribution in [2.45, 2.75) is 0 Å². The number of hydrogen-bond acceptors (Lipinski definition) is 9. The van der Waals surface area contributed by atoms with Crippen molar-refractivity contribution >= 4 is 38.6 Å². The minimum absolute atomic E-state index is 0.447. The smallest absolute Gasteiger partial charge is 0.324 e. The SMILES string of the molecule is O=[N+]([O-])c1cc([N+](=O)[O-])c(O)c([N+](=O)[O-])c1.c1ccc2scnc2c1. The van der Waals surface area contributed by atoms with Crippen molar-refractivity contribution in [3.05, 3.63) is 72.3 Å². The van der Waals surface area contributed by atoms with Crippen LogP contribution in [-0.4, -0.2) is 24.9 Å². The van der Waals surface area contributed by atoms with Gasteiger partial charge in [0.1, 0.15) is 0 Å². The van der Waals surface area contributed by atoms with Crippen LogP contribution in [0.15, 0.2) is 41.9 Å². The first-order chi connectivity index (χ1) is 11.8. The first-order valence-electron chi connectivity index (χ1n) is 6.39. The zero-order valence-electron chi connectivity index (χ0n) is 12.1. The van der Waals surface area contributed by atoms with Crippen LogP contribution in [0.1, 0.15) is 0 Å². The number of nitro benzene ring substituents is 3. The molecule has 0 aliphatic heterocycles. The summed E-state index contributed by atoms with van der Waals surface area (Å²) in [4.78, 5) is 31.9. The van der Waals surface area contributed by atoms with Crippen molar-refractivity contribution in [3.63, 3.8) is 0 Å². The van der Waals surface area contributed by atoms with Gasteiger partial charge in [-0.3, -0.25) is 30.3 Å². The molecule has 1 aromatic heterocycles. The Labute approximate surface area is 142 Å². The number of benzene rings is 2. The van der Waals surface area contributed by atoms with Gasteiger partial charge < -0.3 is 5.11 Å². The van der Waals surface area contributed by atoms with Gasteiger partial charge in [0, 0.05) is 0 Å². The fourth-order valence-corrected chi connectivity index (χ4v) is 2.46. The lowest BCUT2D eigenvalue weighted by molar-refractivity contribution is -0.404. The second-order valence-corrected chi connectivity index (χ2v) is 5.31. The highest BCUT2D eigenvalue weighted by atomic mass is 32.1. The number of aromatic hydroxyl groups is 1. The monoisotopic (exact) mass is 364 g/mol. The number of para-hydroxylation sites is 1. The van der Waals surface area contributed by atoms with Gasteiger partial charge in [0.15, 0.2) is 0 Å². The maximum absolute atomic E-state index is 10.4. The van der Waals surface area contributed by atoms with Crippen LogP contribution < -0.4 is 0 Å². The Morgan fingerprint density at radius 2 is 1.48 bits per heavy atom. The van der Waals surface area contributed by atoms with Gasteiger partial charge in [-0.15, -0.1) is 11.3 Å². The molecule has 0 radical (unpaired) electrons. The average molecular weight is 364 g/mol. The summed E-state index contributed by atoms with van der Waals surface area (Å²) in [5.41, 5.74) is -0.0366. The Morgan fingerprint density at radius 1 is 0.920 bits per heavy atom. The van der Waals surface area contributed by atoms with E-state index in [1.807, 2.05) is 23.7 Å². The zero-order chi connectivity index (χ0) is 18.6. The molecule has 0 aliphatic rings. The van der Waals surface area contributed by atoms with E-state index in [9.17, 15) is 30.3 Å². The molecule has 0 fully saturated rings. The van der Waals surface area contributed by atoms with Crippen LogP contribution in [0.5, 0.6) is 5.75 Å². The van der Waals surface area contributed by atoms with E-state index in [-0.39, 0.29) is 0 Å². The third-order valence-electron chi connectivity index (χ3n) is 2.90. The third kappa shape index (κ3) is 4.00. The third-order valence-corrected chi connectivity index (χ3v) is 3.71. The van der Waals surface area contributed by atoms with Crippen LogP contribution in [0, 0.1) is 30.3 Å². The predicted molar refractivity (Wildman–Crippen MR) is 87.7 cm³/mol. The second-order valence-electron chi connectivity index (χ2n) is 4.42. The topological polar surface area (TPSA) is 163 Å². The number of nitro groups is 3. The lowest BCUT2D eigenvalue weighted by atomic mass is 10.2. The lowest BCUT2D eigenvalue weighted by Crippen LogP contribution is -1.97. The highest BCUT2D eigenvalue weighted by Crippen LogP contribution is 2.38. The molecule has 12 heteroatoms. The number of aromatic nitrogens is 1. The minimum atomic E-state index is -1.21. The van der Waals surface area contributed by atoms with Crippen LogP contribution in [-0.2, 0) is 0 Å². The Kier molecular flexibility index (Phi) is 5.14. The van der Waals surface area contributed by atoms with Crippen molar-refractivity contribution < 1.29 is 19.9 Å². The van der Waals surface area contributed by atoms with Crippen molar-refractivity contribution in [1.82, 2.24) is 4.98 Å². The lowest BCUT2D eigenvalue weighted by Gasteiger charge is -1.97. The molecule has 0 spiro atoms. The van der Waals surface area contributed by atoms with E-state index < -0.39 is 37.6 Å². The second kappa shape index (κ2) is 7.27. The van der Waals surface area contributed by atoms with Crippen molar-refractivity contribution in [2.24, 2.45) is 0 Å². The molecule has 25 heavy (non-hydrogen) atoms. The van der Waals surface area contributed by atoms with E-state index in [0.717, 1.165) is 5.52 Å². The molecule has 2 aromatic carbocycles. The largest absolute Gasteiger partial charge is 0.497 e. The van der Waals surface area contributed by atoms with E-state index in [2.05, 4.69) is 11.1 Å². The summed E-state index contributed by atoms with van der Waals surface area (Å²) in [6.07, 6.45) is 0. The van der Waals surface area contributed by atoms with E-state index in [4.69, 9.17) is 5.11 Å². The fourth-order valence-electron chi connectivity index (χ4n) is 1.78. The van der Waals surface area contributed by atoms with Gasteiger partial charge in [-0.05, 0) is 12.1 Å². The highest BCUT2D eigenvalue weighted by Gasteiger charge is 2.30. The maximum atomic E-state index is 10.4. The number of phenolic OH excluding ortho intramolecular Hbond substituents is 1. The quantitative estimate of drug-likeness (QED) is 0.545. The molecule has 11 nitrogen and oxygen atoms in total. The van der Waals surface area contributed by atoms with Crippen molar-refractivity contribution in [3.8, 4) is 5.75 Å². The summed E-state index contributed by atoms with van der Waals surface area (Å²) < 4.78 is 1.26. The summed E-state index contributed by atoms with van der Waals surface area (Å²) >= 11 is 1.68. The number of nitrogens with zero attached hydrogens (tertiary/aromatic N) is 4. The van der Waals surface area contributed by atoms with Crippen LogP contribution in [0.2, 0.25) is 0 Å². The predicted octanol–water partition coefficient (Wildman–Crippen LogP) is 3.41. The molecule has 1 heterocycles. The Hall–Kier alpha value is -3.67. The van der Waals surface area contributed by atoms with Gasteiger partial charge in [0.05, 0.1) is 42.6 Å². The highest BCUT2D eigenvalue weighted by molar-refractivity contribution is 7.16. The molecule has 0 unspecified atom stereocenters. The average Bonchev–Trinajstić information content (AvgIpc) is 3.03. The summed E-state index contributed by atoms with van der Waals surface area (Å²) in [5.74, 6) is -1.21. The molecule has 128 valence electrons. The number of fused-ring (bicyclic) bond motifs is 1. The Morgan fingerprint density at radius 3 is 1.96 bits per heavy atom. The number of hydrogen-bond donors (Lipinski definition) is 1. The molecule has 0 bridgehead atoms. The van der Waals surface area contributed by atoms with Crippen LogP contribution >= 0.6 is 11.3 Å². The Balaban J connectivity index is 0.000000208. The van der Waals surface area contributed by atoms with Crippen molar-refractivity contribution in [2.75, 3.05) is 0 Å². The molecule has 0 atom stereocenters. The van der Waals surface area contributed by atoms with Gasteiger partial charge in [0.25, 0.3) is 11.4 Å². The van der Waals surface area contributed by atoms with Crippen LogP contribution in [0.4, 0.5) is 17.1 Å². The molecule has 3 rings (SSSR count). The van der Waals surface area contributed by atoms with Crippen molar-refractivity contribution in [1.29, 1.82) is 0 Å². The molecule has 0 aliphatic carbocycles. The van der Waals surface area contributed by atoms with Crippen LogP contribution in [0.3, 0.4) is 0 Å². The van der Waals surface area contributed by atoms with E-state index in [0.29, 0.717) is 12.1 Å². The molecule has 0 amide bonds.